The maximum Gasteiger partial charge on any atom is 0.319 e. The molecule has 1 aromatic rings. The molecule has 0 aliphatic rings. The second kappa shape index (κ2) is 6.43. The first-order chi connectivity index (χ1) is 8.79. The Bertz CT molecular complexity index is 423. The van der Waals surface area contributed by atoms with Gasteiger partial charge in [-0.3, -0.25) is 0 Å². The zero-order valence-electron chi connectivity index (χ0n) is 10.4. The first kappa shape index (κ1) is 15.3. The lowest BCUT2D eigenvalue weighted by Gasteiger charge is -2.17. The molecule has 2 atom stereocenters. The van der Waals surface area contributed by atoms with Crippen LogP contribution in [0.1, 0.15) is 13.8 Å². The summed E-state index contributed by atoms with van der Waals surface area (Å²) in [4.78, 5) is 11.5. The van der Waals surface area contributed by atoms with Crippen molar-refractivity contribution in [1.29, 1.82) is 0 Å². The molecule has 6 N–H and O–H groups in total. The predicted molar refractivity (Wildman–Crippen MR) is 65.3 cm³/mol. The van der Waals surface area contributed by atoms with E-state index in [-0.39, 0.29) is 23.1 Å². The summed E-state index contributed by atoms with van der Waals surface area (Å²) in [5.74, 6) is 0. The zero-order valence-corrected chi connectivity index (χ0v) is 10.4. The van der Waals surface area contributed by atoms with Gasteiger partial charge in [0.05, 0.1) is 11.8 Å². The Hall–Kier alpha value is -1.75. The van der Waals surface area contributed by atoms with E-state index in [0.717, 1.165) is 6.07 Å². The van der Waals surface area contributed by atoms with Gasteiger partial charge in [0.1, 0.15) is 0 Å². The molecule has 0 fully saturated rings. The van der Waals surface area contributed by atoms with E-state index in [1.54, 1.807) is 13.8 Å². The Balaban J connectivity index is 2.96. The van der Waals surface area contributed by atoms with Crippen molar-refractivity contribution < 1.29 is 25.7 Å². The molecule has 0 aliphatic heterocycles. The van der Waals surface area contributed by atoms with Crippen molar-refractivity contribution in [1.82, 2.24) is 5.32 Å². The van der Waals surface area contributed by atoms with Gasteiger partial charge in [0, 0.05) is 18.2 Å². The maximum absolute atomic E-state index is 11.5. The number of anilines is 1. The molecular formula is C10H16N4O5. The van der Waals surface area contributed by atoms with Crippen LogP contribution in [-0.4, -0.2) is 22.5 Å². The summed E-state index contributed by atoms with van der Waals surface area (Å²) in [6.07, 6.45) is 0. The van der Waals surface area contributed by atoms with E-state index in [4.69, 9.17) is 10.4 Å². The molecule has 0 saturated heterocycles. The smallest absolute Gasteiger partial charge is 0.319 e. The molecule has 2 amide bonds. The van der Waals surface area contributed by atoms with E-state index in [2.05, 4.69) is 10.6 Å². The molecule has 1 aromatic carbocycles. The SMILES string of the molecule is CC(C)NC(=O)Nc1cc([NH+]([O-])O)cc([NH+]([O-])O)c1. The standard InChI is InChI=1S/C10H16N4O5/c1-6(2)11-10(15)12-7-3-8(13(16)17)5-9(4-7)14(18)19/h3-6,13-14,16,18H,1-2H3,(H2,11,12,15). The second-order valence-electron chi connectivity index (χ2n) is 4.16. The summed E-state index contributed by atoms with van der Waals surface area (Å²) in [5.41, 5.74) is -0.310. The third-order valence-corrected chi connectivity index (χ3v) is 2.10. The van der Waals surface area contributed by atoms with Crippen LogP contribution in [0.5, 0.6) is 0 Å². The molecule has 106 valence electrons. The number of hydrogen-bond donors (Lipinski definition) is 6. The molecule has 1 rings (SSSR count). The van der Waals surface area contributed by atoms with E-state index in [9.17, 15) is 15.2 Å². The molecule has 0 aliphatic carbocycles. The van der Waals surface area contributed by atoms with Crippen molar-refractivity contribution in [3.8, 4) is 0 Å². The van der Waals surface area contributed by atoms with Crippen LogP contribution >= 0.6 is 0 Å². The molecular weight excluding hydrogens is 256 g/mol. The number of amides is 2. The van der Waals surface area contributed by atoms with Crippen molar-refractivity contribution in [2.45, 2.75) is 19.9 Å². The summed E-state index contributed by atoms with van der Waals surface area (Å²) in [6, 6.07) is 2.77. The normalized spacial score (nSPS) is 14.1. The van der Waals surface area contributed by atoms with Crippen molar-refractivity contribution >= 4 is 23.1 Å². The number of rotatable bonds is 4. The van der Waals surface area contributed by atoms with Gasteiger partial charge in [-0.1, -0.05) is 0 Å². The molecule has 0 aromatic heterocycles. The largest absolute Gasteiger partial charge is 0.595 e. The van der Waals surface area contributed by atoms with Crippen LogP contribution in [0.15, 0.2) is 18.2 Å². The number of carbonyl (C=O) groups is 1. The summed E-state index contributed by atoms with van der Waals surface area (Å²) in [7, 11) is 0. The van der Waals surface area contributed by atoms with E-state index in [0.29, 0.717) is 0 Å². The summed E-state index contributed by atoms with van der Waals surface area (Å²) < 4.78 is 0. The van der Waals surface area contributed by atoms with Crippen molar-refractivity contribution in [2.24, 2.45) is 0 Å². The highest BCUT2D eigenvalue weighted by atomic mass is 16.8. The van der Waals surface area contributed by atoms with Crippen LogP contribution < -0.4 is 21.1 Å². The van der Waals surface area contributed by atoms with E-state index < -0.39 is 16.5 Å². The average molecular weight is 272 g/mol. The van der Waals surface area contributed by atoms with Gasteiger partial charge in [0.2, 0.25) is 0 Å². The Morgan fingerprint density at radius 2 is 1.63 bits per heavy atom. The van der Waals surface area contributed by atoms with Crippen LogP contribution in [0.25, 0.3) is 0 Å². The molecule has 19 heavy (non-hydrogen) atoms. The number of carbonyl (C=O) groups excluding carboxylic acids is 1. The van der Waals surface area contributed by atoms with Gasteiger partial charge in [-0.2, -0.15) is 10.5 Å². The fraction of sp³-hybridized carbons (Fsp3) is 0.300. The summed E-state index contributed by atoms with van der Waals surface area (Å²) in [6.45, 7) is 3.52. The molecule has 0 spiro atoms. The van der Waals surface area contributed by atoms with Crippen LogP contribution in [0, 0.1) is 10.4 Å². The number of benzene rings is 1. The highest BCUT2D eigenvalue weighted by Crippen LogP contribution is 2.17. The number of nitrogens with one attached hydrogen (secondary N) is 4. The Morgan fingerprint density at radius 3 is 2.00 bits per heavy atom. The van der Waals surface area contributed by atoms with Gasteiger partial charge in [-0.15, -0.1) is 0 Å². The van der Waals surface area contributed by atoms with Gasteiger partial charge in [-0.25, -0.2) is 15.2 Å². The molecule has 0 radical (unpaired) electrons. The van der Waals surface area contributed by atoms with E-state index in [1.165, 1.54) is 12.1 Å². The Labute approximate surface area is 109 Å². The topological polar surface area (TPSA) is 137 Å². The maximum atomic E-state index is 11.5. The number of urea groups is 1. The van der Waals surface area contributed by atoms with Crippen LogP contribution in [0.3, 0.4) is 0 Å². The third kappa shape index (κ3) is 4.79. The van der Waals surface area contributed by atoms with Crippen molar-refractivity contribution in [2.75, 3.05) is 5.32 Å². The number of quaternary nitrogens is 2. The summed E-state index contributed by atoms with van der Waals surface area (Å²) >= 11 is 0. The minimum atomic E-state index is -1.27. The van der Waals surface area contributed by atoms with Crippen LogP contribution in [0.4, 0.5) is 21.9 Å². The first-order valence-corrected chi connectivity index (χ1v) is 5.49. The molecule has 0 bridgehead atoms. The van der Waals surface area contributed by atoms with Crippen molar-refractivity contribution in [3.05, 3.63) is 28.6 Å². The molecule has 9 heteroatoms. The highest BCUT2D eigenvalue weighted by molar-refractivity contribution is 5.90. The van der Waals surface area contributed by atoms with E-state index in [1.807, 2.05) is 0 Å². The first-order valence-electron chi connectivity index (χ1n) is 5.49. The van der Waals surface area contributed by atoms with Gasteiger partial charge >= 0.3 is 6.03 Å². The Kier molecular flexibility index (Phi) is 5.18. The van der Waals surface area contributed by atoms with Gasteiger partial charge in [0.25, 0.3) is 0 Å². The molecule has 0 saturated carbocycles. The Morgan fingerprint density at radius 1 is 1.16 bits per heavy atom. The fourth-order valence-corrected chi connectivity index (χ4v) is 1.38. The molecule has 2 unspecified atom stereocenters. The lowest BCUT2D eigenvalue weighted by atomic mass is 10.2. The number of hydrogen-bond acceptors (Lipinski definition) is 5. The molecule has 0 heterocycles. The van der Waals surface area contributed by atoms with E-state index >= 15 is 0 Å². The van der Waals surface area contributed by atoms with Crippen LogP contribution in [-0.2, 0) is 0 Å². The molecule has 9 nitrogen and oxygen atoms in total. The van der Waals surface area contributed by atoms with Crippen LogP contribution in [0.2, 0.25) is 0 Å². The quantitative estimate of drug-likeness (QED) is 0.391. The van der Waals surface area contributed by atoms with Gasteiger partial charge in [0.15, 0.2) is 11.4 Å². The highest BCUT2D eigenvalue weighted by Gasteiger charge is 2.12. The third-order valence-electron chi connectivity index (χ3n) is 2.10. The minimum Gasteiger partial charge on any atom is -0.595 e. The summed E-state index contributed by atoms with van der Waals surface area (Å²) in [5, 5.41) is 41.9. The lowest BCUT2D eigenvalue weighted by molar-refractivity contribution is -0.996. The second-order valence-corrected chi connectivity index (χ2v) is 4.16. The minimum absolute atomic E-state index is 0.0957. The fourth-order valence-electron chi connectivity index (χ4n) is 1.38. The predicted octanol–water partition coefficient (Wildman–Crippen LogP) is -0.977. The lowest BCUT2D eigenvalue weighted by Crippen LogP contribution is -3.00. The van der Waals surface area contributed by atoms with Crippen molar-refractivity contribution in [3.63, 3.8) is 0 Å². The average Bonchev–Trinajstić information content (AvgIpc) is 2.26. The van der Waals surface area contributed by atoms with Gasteiger partial charge in [-0.05, 0) is 13.8 Å². The monoisotopic (exact) mass is 272 g/mol. The van der Waals surface area contributed by atoms with Gasteiger partial charge < -0.3 is 21.0 Å². The zero-order chi connectivity index (χ0) is 14.6.